The summed E-state index contributed by atoms with van der Waals surface area (Å²) >= 11 is 0. The third-order valence-corrected chi connectivity index (χ3v) is 5.67. The number of hydrogen-bond acceptors (Lipinski definition) is 5. The van der Waals surface area contributed by atoms with E-state index in [2.05, 4.69) is 4.98 Å². The van der Waals surface area contributed by atoms with Crippen LogP contribution in [0.2, 0.25) is 0 Å². The smallest absolute Gasteiger partial charge is 0.138 e. The Kier molecular flexibility index (Phi) is 4.38. The minimum atomic E-state index is -0.956. The summed E-state index contributed by atoms with van der Waals surface area (Å²) in [6.07, 6.45) is 2.69. The van der Waals surface area contributed by atoms with Crippen LogP contribution in [0, 0.1) is 45.6 Å². The standard InChI is InChI=1S/C26H10F2N4O/c27-14-9-18-15(6-7-29)25(21(13(11-30)12-31)23(18)19(28)10-14)22-16-3-1-5-20(33)24(16)26-17(22)4-2-8-32-26/h1-6,8-10,33H/b15-6?,25-22+. The molecule has 0 unspecified atom stereocenters. The van der Waals surface area contributed by atoms with Crippen LogP contribution in [-0.4, -0.2) is 10.1 Å². The van der Waals surface area contributed by atoms with Gasteiger partial charge in [-0.15, -0.1) is 0 Å². The zero-order valence-corrected chi connectivity index (χ0v) is 16.7. The van der Waals surface area contributed by atoms with Crippen molar-refractivity contribution in [1.29, 1.82) is 15.8 Å². The quantitative estimate of drug-likeness (QED) is 0.381. The number of aromatic nitrogens is 1. The lowest BCUT2D eigenvalue weighted by atomic mass is 9.89. The highest BCUT2D eigenvalue weighted by molar-refractivity contribution is 6.20. The summed E-state index contributed by atoms with van der Waals surface area (Å²) in [5.74, 6) is -1.85. The Hall–Kier alpha value is -5.06. The molecular formula is C26H10F2N4O. The van der Waals surface area contributed by atoms with E-state index in [0.29, 0.717) is 34.0 Å². The molecule has 1 heterocycles. The lowest BCUT2D eigenvalue weighted by Gasteiger charge is -2.12. The van der Waals surface area contributed by atoms with Gasteiger partial charge in [0.25, 0.3) is 0 Å². The van der Waals surface area contributed by atoms with Crippen molar-refractivity contribution in [3.63, 3.8) is 0 Å². The summed E-state index contributed by atoms with van der Waals surface area (Å²) in [5.41, 5.74) is 2.37. The average Bonchev–Trinajstić information content (AvgIpc) is 3.29. The van der Waals surface area contributed by atoms with Crippen LogP contribution in [0.5, 0.6) is 5.75 Å². The van der Waals surface area contributed by atoms with Gasteiger partial charge >= 0.3 is 0 Å². The normalized spacial score (nSPS) is 16.5. The van der Waals surface area contributed by atoms with Crippen LogP contribution >= 0.6 is 0 Å². The Labute approximate surface area is 186 Å². The molecular weight excluding hydrogens is 422 g/mol. The van der Waals surface area contributed by atoms with E-state index in [1.165, 1.54) is 6.07 Å². The fraction of sp³-hybridized carbons (Fsp3) is 0. The molecule has 154 valence electrons. The number of aromatic hydroxyl groups is 1. The number of rotatable bonds is 0. The number of nitrogens with zero attached hydrogens (tertiary/aromatic N) is 4. The third kappa shape index (κ3) is 2.69. The van der Waals surface area contributed by atoms with Gasteiger partial charge in [-0.05, 0) is 29.3 Å². The van der Waals surface area contributed by atoms with Crippen molar-refractivity contribution < 1.29 is 13.9 Å². The molecule has 0 amide bonds. The lowest BCUT2D eigenvalue weighted by Crippen LogP contribution is -1.95. The fourth-order valence-electron chi connectivity index (χ4n) is 4.51. The Bertz CT molecular complexity index is 1610. The highest BCUT2D eigenvalue weighted by Gasteiger charge is 2.39. The number of pyridine rings is 1. The molecule has 33 heavy (non-hydrogen) atoms. The Morgan fingerprint density at radius 3 is 2.39 bits per heavy atom. The summed E-state index contributed by atoms with van der Waals surface area (Å²) < 4.78 is 29.3. The predicted octanol–water partition coefficient (Wildman–Crippen LogP) is 5.27. The van der Waals surface area contributed by atoms with Crippen molar-refractivity contribution in [3.8, 4) is 35.2 Å². The highest BCUT2D eigenvalue weighted by Crippen LogP contribution is 2.56. The predicted molar refractivity (Wildman–Crippen MR) is 115 cm³/mol. The van der Waals surface area contributed by atoms with Crippen molar-refractivity contribution >= 4 is 16.7 Å². The molecule has 2 aliphatic rings. The van der Waals surface area contributed by atoms with Gasteiger partial charge in [-0.3, -0.25) is 4.98 Å². The van der Waals surface area contributed by atoms with Crippen molar-refractivity contribution in [2.45, 2.75) is 0 Å². The first-order valence-electron chi connectivity index (χ1n) is 9.69. The molecule has 2 aliphatic carbocycles. The van der Waals surface area contributed by atoms with E-state index in [4.69, 9.17) is 0 Å². The molecule has 0 bridgehead atoms. The lowest BCUT2D eigenvalue weighted by molar-refractivity contribution is 0.477. The molecule has 1 aromatic heterocycles. The Balaban J connectivity index is 2.06. The van der Waals surface area contributed by atoms with E-state index in [1.807, 2.05) is 6.07 Å². The van der Waals surface area contributed by atoms with Crippen LogP contribution in [-0.2, 0) is 0 Å². The van der Waals surface area contributed by atoms with Gasteiger partial charge in [0, 0.05) is 51.8 Å². The number of allylic oxidation sites excluding steroid dienone is 5. The second-order valence-corrected chi connectivity index (χ2v) is 7.32. The van der Waals surface area contributed by atoms with Crippen molar-refractivity contribution in [2.24, 2.45) is 0 Å². The molecule has 0 atom stereocenters. The molecule has 0 saturated carbocycles. The fourth-order valence-corrected chi connectivity index (χ4v) is 4.51. The van der Waals surface area contributed by atoms with Gasteiger partial charge < -0.3 is 5.11 Å². The first kappa shape index (κ1) is 19.9. The van der Waals surface area contributed by atoms with Gasteiger partial charge in [0.1, 0.15) is 35.1 Å². The molecule has 2 aromatic carbocycles. The molecule has 3 aromatic rings. The second kappa shape index (κ2) is 7.27. The van der Waals surface area contributed by atoms with Crippen LogP contribution in [0.3, 0.4) is 0 Å². The average molecular weight is 432 g/mol. The number of fused-ring (bicyclic) bond motifs is 4. The van der Waals surface area contributed by atoms with Gasteiger partial charge in [-0.25, -0.2) is 8.78 Å². The molecule has 0 saturated heterocycles. The van der Waals surface area contributed by atoms with Gasteiger partial charge in [-0.2, -0.15) is 15.8 Å². The Morgan fingerprint density at radius 2 is 1.67 bits per heavy atom. The maximum Gasteiger partial charge on any atom is 0.138 e. The van der Waals surface area contributed by atoms with Gasteiger partial charge in [0.2, 0.25) is 0 Å². The van der Waals surface area contributed by atoms with E-state index in [-0.39, 0.29) is 39.2 Å². The van der Waals surface area contributed by atoms with Crippen LogP contribution in [0.25, 0.3) is 28.0 Å². The zero-order chi connectivity index (χ0) is 23.3. The van der Waals surface area contributed by atoms with Crippen molar-refractivity contribution in [3.05, 3.63) is 99.8 Å². The first-order valence-corrected chi connectivity index (χ1v) is 9.69. The molecule has 5 nitrogen and oxygen atoms in total. The number of phenolic OH excluding ortho intramolecular Hbond substituents is 1. The molecule has 1 N–H and O–H groups in total. The van der Waals surface area contributed by atoms with Crippen molar-refractivity contribution in [1.82, 2.24) is 4.98 Å². The van der Waals surface area contributed by atoms with Gasteiger partial charge in [0.15, 0.2) is 0 Å². The summed E-state index contributed by atoms with van der Waals surface area (Å²) in [6.45, 7) is 0. The van der Waals surface area contributed by atoms with E-state index in [0.717, 1.165) is 12.1 Å². The number of hydrogen-bond donors (Lipinski definition) is 1. The summed E-state index contributed by atoms with van der Waals surface area (Å²) in [7, 11) is 0. The molecule has 0 radical (unpaired) electrons. The van der Waals surface area contributed by atoms with E-state index < -0.39 is 11.6 Å². The van der Waals surface area contributed by atoms with Crippen LogP contribution < -0.4 is 0 Å². The summed E-state index contributed by atoms with van der Waals surface area (Å²) in [5, 5.41) is 39.4. The number of phenols is 1. The van der Waals surface area contributed by atoms with E-state index >= 15 is 4.39 Å². The zero-order valence-electron chi connectivity index (χ0n) is 16.7. The Morgan fingerprint density at radius 1 is 0.909 bits per heavy atom. The minimum absolute atomic E-state index is 0.0324. The van der Waals surface area contributed by atoms with E-state index in [1.54, 1.807) is 42.6 Å². The van der Waals surface area contributed by atoms with Gasteiger partial charge in [-0.1, -0.05) is 18.2 Å². The number of nitriles is 3. The largest absolute Gasteiger partial charge is 0.507 e. The second-order valence-electron chi connectivity index (χ2n) is 7.32. The van der Waals surface area contributed by atoms with E-state index in [9.17, 15) is 25.3 Å². The SMILES string of the molecule is N#CC=C1/C(=C2\c3cccnc3-c3c(O)cccc32)C(=C(C#N)C#N)c2c(F)cc(F)cc21. The molecule has 0 aliphatic heterocycles. The molecule has 5 rings (SSSR count). The minimum Gasteiger partial charge on any atom is -0.507 e. The van der Waals surface area contributed by atoms with Gasteiger partial charge in [0.05, 0.1) is 17.3 Å². The first-order chi connectivity index (χ1) is 16.0. The molecule has 7 heteroatoms. The van der Waals surface area contributed by atoms with Crippen molar-refractivity contribution in [2.75, 3.05) is 0 Å². The number of benzene rings is 2. The maximum absolute atomic E-state index is 15.1. The maximum atomic E-state index is 15.1. The van der Waals surface area contributed by atoms with Crippen LogP contribution in [0.4, 0.5) is 8.78 Å². The monoisotopic (exact) mass is 432 g/mol. The van der Waals surface area contributed by atoms with Crippen LogP contribution in [0.15, 0.2) is 65.9 Å². The number of halogens is 2. The molecule has 0 spiro atoms. The highest BCUT2D eigenvalue weighted by atomic mass is 19.1. The third-order valence-electron chi connectivity index (χ3n) is 5.67. The summed E-state index contributed by atoms with van der Waals surface area (Å²) in [6, 6.07) is 15.5. The van der Waals surface area contributed by atoms with Crippen LogP contribution in [0.1, 0.15) is 22.3 Å². The summed E-state index contributed by atoms with van der Waals surface area (Å²) in [4.78, 5) is 4.39. The topological polar surface area (TPSA) is 104 Å². The molecule has 0 fully saturated rings.